The highest BCUT2D eigenvalue weighted by Gasteiger charge is 2.03. The Morgan fingerprint density at radius 2 is 2.36 bits per heavy atom. The molecule has 0 unspecified atom stereocenters. The molecule has 0 bridgehead atoms. The van der Waals surface area contributed by atoms with E-state index in [4.69, 9.17) is 22.6 Å². The summed E-state index contributed by atoms with van der Waals surface area (Å²) < 4.78 is 0. The minimum atomic E-state index is -0.492. The van der Waals surface area contributed by atoms with Crippen LogP contribution in [0.25, 0.3) is 0 Å². The summed E-state index contributed by atoms with van der Waals surface area (Å²) in [6.07, 6.45) is 0. The second-order valence-electron chi connectivity index (χ2n) is 2.62. The van der Waals surface area contributed by atoms with E-state index in [9.17, 15) is 4.79 Å². The molecule has 0 radical (unpaired) electrons. The van der Waals surface area contributed by atoms with Crippen LogP contribution in [0.2, 0.25) is 5.02 Å². The molecule has 0 saturated carbocycles. The summed E-state index contributed by atoms with van der Waals surface area (Å²) in [6.45, 7) is -0.0188. The number of nitrogens with one attached hydrogen (secondary N) is 1. The summed E-state index contributed by atoms with van der Waals surface area (Å²) in [5, 5.41) is 11.9. The predicted molar refractivity (Wildman–Crippen MR) is 53.9 cm³/mol. The fourth-order valence-corrected chi connectivity index (χ4v) is 1.11. The van der Waals surface area contributed by atoms with E-state index in [0.29, 0.717) is 16.3 Å². The van der Waals surface area contributed by atoms with Crippen LogP contribution >= 0.6 is 11.6 Å². The minimum absolute atomic E-state index is 0.0188. The molecular formula is C9H8ClN3O. The topological polar surface area (TPSA) is 78.9 Å². The largest absolute Gasteiger partial charge is 0.375 e. The van der Waals surface area contributed by atoms with Gasteiger partial charge in [-0.15, -0.1) is 0 Å². The molecular weight excluding hydrogens is 202 g/mol. The standard InChI is InChI=1S/C9H8ClN3O/c10-7-2-1-6(4-11)8(3-7)13-5-9(12)14/h1-3,13H,5H2,(H2,12,14). The number of nitriles is 1. The van der Waals surface area contributed by atoms with Gasteiger partial charge in [0.05, 0.1) is 17.8 Å². The van der Waals surface area contributed by atoms with Crippen LogP contribution in [-0.4, -0.2) is 12.5 Å². The second kappa shape index (κ2) is 4.49. The molecule has 1 aromatic rings. The third-order valence-electron chi connectivity index (χ3n) is 1.56. The molecule has 0 aliphatic heterocycles. The number of halogens is 1. The van der Waals surface area contributed by atoms with Crippen molar-refractivity contribution >= 4 is 23.2 Å². The Hall–Kier alpha value is -1.73. The van der Waals surface area contributed by atoms with Crippen molar-refractivity contribution in [3.8, 4) is 6.07 Å². The number of nitrogens with zero attached hydrogens (tertiary/aromatic N) is 1. The van der Waals surface area contributed by atoms with Crippen LogP contribution in [0, 0.1) is 11.3 Å². The van der Waals surface area contributed by atoms with Crippen molar-refractivity contribution in [1.29, 1.82) is 5.26 Å². The third-order valence-corrected chi connectivity index (χ3v) is 1.79. The summed E-state index contributed by atoms with van der Waals surface area (Å²) in [5.74, 6) is -0.492. The van der Waals surface area contributed by atoms with Gasteiger partial charge in [-0.05, 0) is 18.2 Å². The Kier molecular flexibility index (Phi) is 3.32. The fraction of sp³-hybridized carbons (Fsp3) is 0.111. The average molecular weight is 210 g/mol. The highest BCUT2D eigenvalue weighted by Crippen LogP contribution is 2.19. The molecule has 1 aromatic carbocycles. The minimum Gasteiger partial charge on any atom is -0.375 e. The maximum Gasteiger partial charge on any atom is 0.236 e. The Morgan fingerprint density at radius 3 is 2.93 bits per heavy atom. The number of rotatable bonds is 3. The van der Waals surface area contributed by atoms with Crippen molar-refractivity contribution in [3.63, 3.8) is 0 Å². The molecule has 0 aromatic heterocycles. The van der Waals surface area contributed by atoms with Crippen LogP contribution in [0.1, 0.15) is 5.56 Å². The zero-order chi connectivity index (χ0) is 10.6. The van der Waals surface area contributed by atoms with E-state index in [0.717, 1.165) is 0 Å². The third kappa shape index (κ3) is 2.64. The molecule has 0 spiro atoms. The van der Waals surface area contributed by atoms with Gasteiger partial charge >= 0.3 is 0 Å². The highest BCUT2D eigenvalue weighted by atomic mass is 35.5. The van der Waals surface area contributed by atoms with Gasteiger partial charge in [-0.3, -0.25) is 4.79 Å². The zero-order valence-electron chi connectivity index (χ0n) is 7.25. The number of primary amides is 1. The Bertz CT molecular complexity index is 398. The number of anilines is 1. The lowest BCUT2D eigenvalue weighted by molar-refractivity contribution is -0.116. The fourth-order valence-electron chi connectivity index (χ4n) is 0.943. The number of benzene rings is 1. The van der Waals surface area contributed by atoms with Crippen LogP contribution < -0.4 is 11.1 Å². The normalized spacial score (nSPS) is 9.14. The summed E-state index contributed by atoms with van der Waals surface area (Å²) in [7, 11) is 0. The van der Waals surface area contributed by atoms with Gasteiger partial charge in [-0.2, -0.15) is 5.26 Å². The number of amides is 1. The molecule has 1 rings (SSSR count). The SMILES string of the molecule is N#Cc1ccc(Cl)cc1NCC(N)=O. The molecule has 72 valence electrons. The van der Waals surface area contributed by atoms with Crippen LogP contribution in [0.15, 0.2) is 18.2 Å². The smallest absolute Gasteiger partial charge is 0.236 e. The molecule has 14 heavy (non-hydrogen) atoms. The van der Waals surface area contributed by atoms with E-state index in [1.807, 2.05) is 6.07 Å². The van der Waals surface area contributed by atoms with Crippen LogP contribution in [-0.2, 0) is 4.79 Å². The molecule has 1 amide bonds. The molecule has 0 saturated heterocycles. The summed E-state index contributed by atoms with van der Waals surface area (Å²) in [5.41, 5.74) is 5.89. The summed E-state index contributed by atoms with van der Waals surface area (Å²) in [6, 6.07) is 6.73. The number of carbonyl (C=O) groups is 1. The van der Waals surface area contributed by atoms with Crippen molar-refractivity contribution < 1.29 is 4.79 Å². The van der Waals surface area contributed by atoms with Crippen LogP contribution in [0.4, 0.5) is 5.69 Å². The second-order valence-corrected chi connectivity index (χ2v) is 3.06. The molecule has 0 aliphatic rings. The number of nitrogens with two attached hydrogens (primary N) is 1. The van der Waals surface area contributed by atoms with Crippen molar-refractivity contribution in [1.82, 2.24) is 0 Å². The van der Waals surface area contributed by atoms with Crippen LogP contribution in [0.3, 0.4) is 0 Å². The van der Waals surface area contributed by atoms with Gasteiger partial charge < -0.3 is 11.1 Å². The maximum atomic E-state index is 10.5. The lowest BCUT2D eigenvalue weighted by Gasteiger charge is -2.05. The van der Waals surface area contributed by atoms with Crippen molar-refractivity contribution in [2.45, 2.75) is 0 Å². The van der Waals surface area contributed by atoms with E-state index in [2.05, 4.69) is 5.32 Å². The van der Waals surface area contributed by atoms with E-state index >= 15 is 0 Å². The lowest BCUT2D eigenvalue weighted by Crippen LogP contribution is -2.22. The van der Waals surface area contributed by atoms with Gasteiger partial charge in [0.1, 0.15) is 6.07 Å². The molecule has 0 atom stereocenters. The first kappa shape index (κ1) is 10.4. The quantitative estimate of drug-likeness (QED) is 0.783. The molecule has 0 fully saturated rings. The first-order chi connectivity index (χ1) is 6.63. The monoisotopic (exact) mass is 209 g/mol. The number of carbonyl (C=O) groups excluding carboxylic acids is 1. The highest BCUT2D eigenvalue weighted by molar-refractivity contribution is 6.30. The van der Waals surface area contributed by atoms with Gasteiger partial charge in [-0.1, -0.05) is 11.6 Å². The van der Waals surface area contributed by atoms with E-state index < -0.39 is 5.91 Å². The number of hydrogen-bond donors (Lipinski definition) is 2. The first-order valence-corrected chi connectivity index (χ1v) is 4.23. The Balaban J connectivity index is 2.89. The Labute approximate surface area is 86.3 Å². The van der Waals surface area contributed by atoms with Crippen molar-refractivity contribution in [3.05, 3.63) is 28.8 Å². The van der Waals surface area contributed by atoms with Gasteiger partial charge in [0.2, 0.25) is 5.91 Å². The van der Waals surface area contributed by atoms with Gasteiger partial charge in [0.25, 0.3) is 0 Å². The zero-order valence-corrected chi connectivity index (χ0v) is 8.01. The molecule has 0 heterocycles. The summed E-state index contributed by atoms with van der Waals surface area (Å²) >= 11 is 5.72. The maximum absolute atomic E-state index is 10.5. The van der Waals surface area contributed by atoms with Crippen molar-refractivity contribution in [2.75, 3.05) is 11.9 Å². The average Bonchev–Trinajstić information content (AvgIpc) is 2.15. The molecule has 4 nitrogen and oxygen atoms in total. The Morgan fingerprint density at radius 1 is 1.64 bits per heavy atom. The van der Waals surface area contributed by atoms with Gasteiger partial charge in [0.15, 0.2) is 0 Å². The molecule has 3 N–H and O–H groups in total. The van der Waals surface area contributed by atoms with Crippen LogP contribution in [0.5, 0.6) is 0 Å². The van der Waals surface area contributed by atoms with E-state index in [-0.39, 0.29) is 6.54 Å². The van der Waals surface area contributed by atoms with Crippen molar-refractivity contribution in [2.24, 2.45) is 5.73 Å². The number of hydrogen-bond acceptors (Lipinski definition) is 3. The lowest BCUT2D eigenvalue weighted by atomic mass is 10.2. The van der Waals surface area contributed by atoms with E-state index in [1.165, 1.54) is 0 Å². The van der Waals surface area contributed by atoms with Gasteiger partial charge in [-0.25, -0.2) is 0 Å². The molecule has 0 aliphatic carbocycles. The predicted octanol–water partition coefficient (Wildman–Crippen LogP) is 1.11. The molecule has 5 heteroatoms. The summed E-state index contributed by atoms with van der Waals surface area (Å²) in [4.78, 5) is 10.5. The first-order valence-electron chi connectivity index (χ1n) is 3.85. The van der Waals surface area contributed by atoms with Gasteiger partial charge in [0, 0.05) is 5.02 Å². The van der Waals surface area contributed by atoms with E-state index in [1.54, 1.807) is 18.2 Å².